The van der Waals surface area contributed by atoms with E-state index in [0.717, 1.165) is 16.8 Å². The van der Waals surface area contributed by atoms with Crippen molar-refractivity contribution in [3.63, 3.8) is 0 Å². The van der Waals surface area contributed by atoms with Crippen LogP contribution in [0.15, 0.2) is 89.9 Å². The number of pyridine rings is 1. The van der Waals surface area contributed by atoms with Crippen molar-refractivity contribution >= 4 is 22.9 Å². The van der Waals surface area contributed by atoms with Crippen molar-refractivity contribution in [1.29, 1.82) is 0 Å². The normalized spacial score (nSPS) is 10.8. The van der Waals surface area contributed by atoms with Crippen molar-refractivity contribution in [2.75, 3.05) is 6.61 Å². The second-order valence-electron chi connectivity index (χ2n) is 8.13. The second-order valence-corrected chi connectivity index (χ2v) is 8.13. The fraction of sp³-hybridized carbons (Fsp3) is 0.143. The number of benzene rings is 2. The molecule has 9 heteroatoms. The lowest BCUT2D eigenvalue weighted by molar-refractivity contribution is 0.0486. The minimum atomic E-state index is -0.497. The van der Waals surface area contributed by atoms with E-state index >= 15 is 0 Å². The van der Waals surface area contributed by atoms with Crippen LogP contribution in [-0.2, 0) is 17.9 Å². The molecule has 1 amide bonds. The Bertz CT molecular complexity index is 1520. The third kappa shape index (κ3) is 5.51. The number of furan rings is 1. The fourth-order valence-electron chi connectivity index (χ4n) is 3.77. The smallest absolute Gasteiger partial charge is 0.374 e. The molecule has 5 aromatic rings. The molecule has 9 nitrogen and oxygen atoms in total. The molecule has 0 saturated heterocycles. The van der Waals surface area contributed by atoms with Gasteiger partial charge in [0.2, 0.25) is 5.76 Å². The molecule has 0 bridgehead atoms. The standard InChI is InChI=1S/C28H24N4O5/c1-2-35-28(34)26-12-10-23(37-26)17-36-22-8-6-21(7-9-22)32-18-31-24-14-20(5-11-25(24)32)27(33)30-16-19-4-3-13-29-15-19/h3-15,18H,2,16-17H2,1H3,(H,30,33). The van der Waals surface area contributed by atoms with E-state index in [1.54, 1.807) is 49.9 Å². The summed E-state index contributed by atoms with van der Waals surface area (Å²) >= 11 is 0. The van der Waals surface area contributed by atoms with E-state index in [1.807, 2.05) is 47.0 Å². The average molecular weight is 497 g/mol. The van der Waals surface area contributed by atoms with Gasteiger partial charge >= 0.3 is 5.97 Å². The maximum Gasteiger partial charge on any atom is 0.374 e. The molecule has 0 spiro atoms. The zero-order valence-electron chi connectivity index (χ0n) is 20.1. The molecule has 0 radical (unpaired) electrons. The lowest BCUT2D eigenvalue weighted by Crippen LogP contribution is -2.22. The molecule has 37 heavy (non-hydrogen) atoms. The van der Waals surface area contributed by atoms with E-state index in [4.69, 9.17) is 13.9 Å². The number of hydrogen-bond acceptors (Lipinski definition) is 7. The highest BCUT2D eigenvalue weighted by Gasteiger charge is 2.13. The van der Waals surface area contributed by atoms with Crippen LogP contribution in [0.25, 0.3) is 16.7 Å². The van der Waals surface area contributed by atoms with Gasteiger partial charge in [0.05, 0.1) is 17.6 Å². The summed E-state index contributed by atoms with van der Waals surface area (Å²) < 4.78 is 18.1. The molecule has 0 saturated carbocycles. The van der Waals surface area contributed by atoms with Crippen LogP contribution >= 0.6 is 0 Å². The Kier molecular flexibility index (Phi) is 6.93. The predicted molar refractivity (Wildman–Crippen MR) is 135 cm³/mol. The second kappa shape index (κ2) is 10.8. The number of fused-ring (bicyclic) bond motifs is 1. The summed E-state index contributed by atoms with van der Waals surface area (Å²) in [7, 11) is 0. The zero-order chi connectivity index (χ0) is 25.6. The Morgan fingerprint density at radius 1 is 1.05 bits per heavy atom. The molecule has 5 rings (SSSR count). The number of ether oxygens (including phenoxy) is 2. The Labute approximate surface area is 212 Å². The van der Waals surface area contributed by atoms with Crippen LogP contribution in [0.4, 0.5) is 0 Å². The fourth-order valence-corrected chi connectivity index (χ4v) is 3.77. The van der Waals surface area contributed by atoms with Crippen LogP contribution in [0, 0.1) is 0 Å². The summed E-state index contributed by atoms with van der Waals surface area (Å²) in [5.74, 6) is 0.649. The quantitative estimate of drug-likeness (QED) is 0.295. The summed E-state index contributed by atoms with van der Waals surface area (Å²) in [5, 5.41) is 2.90. The minimum Gasteiger partial charge on any atom is -0.486 e. The molecule has 0 atom stereocenters. The van der Waals surface area contributed by atoms with Gasteiger partial charge in [-0.15, -0.1) is 0 Å². The lowest BCUT2D eigenvalue weighted by atomic mass is 10.1. The average Bonchev–Trinajstić information content (AvgIpc) is 3.59. The van der Waals surface area contributed by atoms with Crippen molar-refractivity contribution in [2.45, 2.75) is 20.1 Å². The van der Waals surface area contributed by atoms with E-state index in [-0.39, 0.29) is 24.9 Å². The zero-order valence-corrected chi connectivity index (χ0v) is 20.1. The number of aromatic nitrogens is 3. The van der Waals surface area contributed by atoms with Gasteiger partial charge in [0.25, 0.3) is 5.91 Å². The van der Waals surface area contributed by atoms with Crippen LogP contribution in [0.3, 0.4) is 0 Å². The van der Waals surface area contributed by atoms with Crippen molar-refractivity contribution < 1.29 is 23.5 Å². The molecule has 3 aromatic heterocycles. The van der Waals surface area contributed by atoms with Gasteiger partial charge < -0.3 is 19.2 Å². The van der Waals surface area contributed by atoms with Gasteiger partial charge in [0, 0.05) is 30.2 Å². The number of nitrogens with zero attached hydrogens (tertiary/aromatic N) is 3. The Morgan fingerprint density at radius 2 is 1.92 bits per heavy atom. The topological polar surface area (TPSA) is 108 Å². The molecule has 0 aliphatic rings. The molecule has 2 aromatic carbocycles. The number of nitrogens with one attached hydrogen (secondary N) is 1. The lowest BCUT2D eigenvalue weighted by Gasteiger charge is -2.08. The highest BCUT2D eigenvalue weighted by atomic mass is 16.5. The van der Waals surface area contributed by atoms with Crippen LogP contribution in [-0.4, -0.2) is 33.0 Å². The third-order valence-corrected chi connectivity index (χ3v) is 5.62. The number of rotatable bonds is 9. The molecule has 0 aliphatic carbocycles. The van der Waals surface area contributed by atoms with Gasteiger partial charge in [-0.3, -0.25) is 14.3 Å². The highest BCUT2D eigenvalue weighted by Crippen LogP contribution is 2.22. The number of carbonyl (C=O) groups is 2. The summed E-state index contributed by atoms with van der Waals surface area (Å²) in [6.07, 6.45) is 5.14. The van der Waals surface area contributed by atoms with Crippen molar-refractivity contribution in [2.24, 2.45) is 0 Å². The van der Waals surface area contributed by atoms with Crippen molar-refractivity contribution in [1.82, 2.24) is 19.9 Å². The van der Waals surface area contributed by atoms with E-state index in [2.05, 4.69) is 15.3 Å². The maximum absolute atomic E-state index is 12.6. The first kappa shape index (κ1) is 23.8. The molecule has 0 fully saturated rings. The summed E-state index contributed by atoms with van der Waals surface area (Å²) in [5.41, 5.74) is 3.95. The maximum atomic E-state index is 12.6. The van der Waals surface area contributed by atoms with Gasteiger partial charge in [-0.2, -0.15) is 0 Å². The molecule has 1 N–H and O–H groups in total. The number of carbonyl (C=O) groups excluding carboxylic acids is 2. The number of amides is 1. The SMILES string of the molecule is CCOC(=O)c1ccc(COc2ccc(-n3cnc4cc(C(=O)NCc5cccnc5)ccc43)cc2)o1. The van der Waals surface area contributed by atoms with Crippen LogP contribution in [0.1, 0.15) is 39.2 Å². The monoisotopic (exact) mass is 496 g/mol. The number of imidazole rings is 1. The van der Waals surface area contributed by atoms with E-state index in [1.165, 1.54) is 0 Å². The Hall–Kier alpha value is -4.92. The van der Waals surface area contributed by atoms with Crippen LogP contribution in [0.2, 0.25) is 0 Å². The van der Waals surface area contributed by atoms with Crippen molar-refractivity contribution in [3.8, 4) is 11.4 Å². The first-order valence-electron chi connectivity index (χ1n) is 11.7. The minimum absolute atomic E-state index is 0.150. The Balaban J connectivity index is 1.22. The Morgan fingerprint density at radius 3 is 2.70 bits per heavy atom. The van der Waals surface area contributed by atoms with E-state index in [0.29, 0.717) is 29.1 Å². The summed E-state index contributed by atoms with van der Waals surface area (Å²) in [6, 6.07) is 19.9. The highest BCUT2D eigenvalue weighted by molar-refractivity contribution is 5.97. The largest absolute Gasteiger partial charge is 0.486 e. The van der Waals surface area contributed by atoms with E-state index in [9.17, 15) is 9.59 Å². The van der Waals surface area contributed by atoms with Gasteiger partial charge in [0.1, 0.15) is 24.4 Å². The molecule has 0 aliphatic heterocycles. The first-order valence-corrected chi connectivity index (χ1v) is 11.7. The number of hydrogen-bond donors (Lipinski definition) is 1. The summed E-state index contributed by atoms with van der Waals surface area (Å²) in [4.78, 5) is 32.9. The van der Waals surface area contributed by atoms with Gasteiger partial charge in [-0.1, -0.05) is 6.07 Å². The van der Waals surface area contributed by atoms with Crippen molar-refractivity contribution in [3.05, 3.63) is 108 Å². The molecular formula is C28H24N4O5. The number of esters is 1. The first-order chi connectivity index (χ1) is 18.1. The molecule has 3 heterocycles. The van der Waals surface area contributed by atoms with Crippen LogP contribution < -0.4 is 10.1 Å². The molecular weight excluding hydrogens is 472 g/mol. The van der Waals surface area contributed by atoms with Gasteiger partial charge in [-0.25, -0.2) is 9.78 Å². The summed E-state index contributed by atoms with van der Waals surface area (Å²) in [6.45, 7) is 2.61. The third-order valence-electron chi connectivity index (χ3n) is 5.62. The van der Waals surface area contributed by atoms with Gasteiger partial charge in [0.15, 0.2) is 0 Å². The predicted octanol–water partition coefficient (Wildman–Crippen LogP) is 4.70. The molecule has 0 unspecified atom stereocenters. The molecule has 186 valence electrons. The van der Waals surface area contributed by atoms with E-state index < -0.39 is 5.97 Å². The van der Waals surface area contributed by atoms with Crippen LogP contribution in [0.5, 0.6) is 5.75 Å². The van der Waals surface area contributed by atoms with Gasteiger partial charge in [-0.05, 0) is 73.2 Å².